The Morgan fingerprint density at radius 1 is 1.05 bits per heavy atom. The van der Waals surface area contributed by atoms with Crippen LogP contribution in [0.25, 0.3) is 0 Å². The van der Waals surface area contributed by atoms with E-state index in [2.05, 4.69) is 37.3 Å². The van der Waals surface area contributed by atoms with Gasteiger partial charge in [-0.25, -0.2) is 0 Å². The molecule has 2 rings (SSSR count). The number of benzene rings is 2. The number of halogens is 1. The topological polar surface area (TPSA) is 23.8 Å². The fourth-order valence-corrected chi connectivity index (χ4v) is 2.40. The minimum absolute atomic E-state index is 0.193. The summed E-state index contributed by atoms with van der Waals surface area (Å²) in [5.41, 5.74) is 3.39. The van der Waals surface area contributed by atoms with E-state index in [-0.39, 0.29) is 5.92 Å². The van der Waals surface area contributed by atoms with Crippen LogP contribution in [0.1, 0.15) is 29.5 Å². The first-order valence-electron chi connectivity index (χ1n) is 6.46. The molecule has 0 spiro atoms. The normalized spacial score (nSPS) is 11.8. The third kappa shape index (κ3) is 3.36. The summed E-state index contributed by atoms with van der Waals surface area (Å²) in [7, 11) is 0. The predicted octanol–water partition coefficient (Wildman–Crippen LogP) is 4.75. The van der Waals surface area contributed by atoms with E-state index < -0.39 is 0 Å². The zero-order valence-corrected chi connectivity index (χ0v) is 11.7. The van der Waals surface area contributed by atoms with Gasteiger partial charge in [0.05, 0.1) is 12.0 Å². The van der Waals surface area contributed by atoms with E-state index >= 15 is 0 Å². The number of rotatable bonds is 4. The van der Waals surface area contributed by atoms with Crippen molar-refractivity contribution in [2.45, 2.75) is 25.7 Å². The first kappa shape index (κ1) is 13.6. The highest BCUT2D eigenvalue weighted by molar-refractivity contribution is 6.31. The van der Waals surface area contributed by atoms with Gasteiger partial charge >= 0.3 is 0 Å². The van der Waals surface area contributed by atoms with Crippen LogP contribution in [0, 0.1) is 11.3 Å². The monoisotopic (exact) mass is 269 g/mol. The number of nitriles is 1. The van der Waals surface area contributed by atoms with E-state index in [0.717, 1.165) is 12.0 Å². The molecule has 0 amide bonds. The van der Waals surface area contributed by atoms with Crippen LogP contribution < -0.4 is 0 Å². The van der Waals surface area contributed by atoms with Crippen LogP contribution in [0.5, 0.6) is 0 Å². The SMILES string of the molecule is CCc1ccc(CC(C#N)c2ccccc2Cl)cc1. The summed E-state index contributed by atoms with van der Waals surface area (Å²) in [6.45, 7) is 2.14. The van der Waals surface area contributed by atoms with Gasteiger partial charge in [-0.15, -0.1) is 0 Å². The molecule has 0 fully saturated rings. The van der Waals surface area contributed by atoms with Gasteiger partial charge in [-0.1, -0.05) is 61.0 Å². The molecule has 0 aliphatic rings. The highest BCUT2D eigenvalue weighted by Gasteiger charge is 2.14. The van der Waals surface area contributed by atoms with Gasteiger partial charge in [-0.2, -0.15) is 5.26 Å². The molecule has 96 valence electrons. The predicted molar refractivity (Wildman–Crippen MR) is 79.3 cm³/mol. The maximum absolute atomic E-state index is 9.36. The molecule has 0 bridgehead atoms. The van der Waals surface area contributed by atoms with Crippen LogP contribution in [0.4, 0.5) is 0 Å². The zero-order valence-electron chi connectivity index (χ0n) is 10.9. The Morgan fingerprint density at radius 3 is 2.26 bits per heavy atom. The first-order valence-corrected chi connectivity index (χ1v) is 6.84. The lowest BCUT2D eigenvalue weighted by Crippen LogP contribution is -2.01. The largest absolute Gasteiger partial charge is 0.198 e. The molecule has 0 saturated heterocycles. The number of nitrogens with zero attached hydrogens (tertiary/aromatic N) is 1. The third-order valence-corrected chi connectivity index (χ3v) is 3.65. The average Bonchev–Trinajstić information content (AvgIpc) is 2.46. The van der Waals surface area contributed by atoms with Crippen LogP contribution in [-0.2, 0) is 12.8 Å². The van der Waals surface area contributed by atoms with Crippen molar-refractivity contribution in [1.29, 1.82) is 5.26 Å². The molecule has 2 aromatic carbocycles. The zero-order chi connectivity index (χ0) is 13.7. The first-order chi connectivity index (χ1) is 9.24. The summed E-state index contributed by atoms with van der Waals surface area (Å²) in [6.07, 6.45) is 1.73. The van der Waals surface area contributed by atoms with Crippen molar-refractivity contribution >= 4 is 11.6 Å². The smallest absolute Gasteiger partial charge is 0.0767 e. The molecule has 0 aliphatic carbocycles. The molecule has 0 N–H and O–H groups in total. The van der Waals surface area contributed by atoms with E-state index in [9.17, 15) is 5.26 Å². The van der Waals surface area contributed by atoms with Gasteiger partial charge in [0, 0.05) is 5.02 Å². The number of hydrogen-bond donors (Lipinski definition) is 0. The average molecular weight is 270 g/mol. The lowest BCUT2D eigenvalue weighted by atomic mass is 9.93. The molecule has 0 saturated carbocycles. The van der Waals surface area contributed by atoms with Gasteiger partial charge in [0.1, 0.15) is 0 Å². The second-order valence-electron chi connectivity index (χ2n) is 4.58. The van der Waals surface area contributed by atoms with E-state index in [1.807, 2.05) is 24.3 Å². The summed E-state index contributed by atoms with van der Waals surface area (Å²) in [5.74, 6) is -0.193. The van der Waals surface area contributed by atoms with Gasteiger partial charge in [0.25, 0.3) is 0 Å². The molecule has 2 aromatic rings. The maximum Gasteiger partial charge on any atom is 0.0767 e. The van der Waals surface area contributed by atoms with Crippen LogP contribution >= 0.6 is 11.6 Å². The summed E-state index contributed by atoms with van der Waals surface area (Å²) in [4.78, 5) is 0. The molecule has 1 atom stereocenters. The van der Waals surface area contributed by atoms with Gasteiger partial charge in [-0.05, 0) is 35.6 Å². The molecular weight excluding hydrogens is 254 g/mol. The fourth-order valence-electron chi connectivity index (χ4n) is 2.13. The highest BCUT2D eigenvalue weighted by atomic mass is 35.5. The van der Waals surface area contributed by atoms with Crippen LogP contribution in [0.3, 0.4) is 0 Å². The van der Waals surface area contributed by atoms with Crippen molar-refractivity contribution in [1.82, 2.24) is 0 Å². The minimum atomic E-state index is -0.193. The van der Waals surface area contributed by atoms with Gasteiger partial charge in [-0.3, -0.25) is 0 Å². The lowest BCUT2D eigenvalue weighted by Gasteiger charge is -2.11. The van der Waals surface area contributed by atoms with Crippen molar-refractivity contribution in [2.24, 2.45) is 0 Å². The summed E-state index contributed by atoms with van der Waals surface area (Å²) in [6, 6.07) is 18.4. The summed E-state index contributed by atoms with van der Waals surface area (Å²) < 4.78 is 0. The summed E-state index contributed by atoms with van der Waals surface area (Å²) >= 11 is 6.16. The van der Waals surface area contributed by atoms with Crippen molar-refractivity contribution in [3.63, 3.8) is 0 Å². The van der Waals surface area contributed by atoms with E-state index in [1.54, 1.807) is 0 Å². The molecule has 0 aromatic heterocycles. The number of aryl methyl sites for hydroxylation is 1. The van der Waals surface area contributed by atoms with Crippen LogP contribution in [-0.4, -0.2) is 0 Å². The fraction of sp³-hybridized carbons (Fsp3) is 0.235. The molecular formula is C17H16ClN. The van der Waals surface area contributed by atoms with Crippen molar-refractivity contribution in [3.8, 4) is 6.07 Å². The van der Waals surface area contributed by atoms with Crippen molar-refractivity contribution < 1.29 is 0 Å². The van der Waals surface area contributed by atoms with E-state index in [0.29, 0.717) is 11.4 Å². The number of hydrogen-bond acceptors (Lipinski definition) is 1. The molecule has 0 aliphatic heterocycles. The third-order valence-electron chi connectivity index (χ3n) is 3.31. The van der Waals surface area contributed by atoms with Gasteiger partial charge in [0.2, 0.25) is 0 Å². The molecule has 1 nitrogen and oxygen atoms in total. The van der Waals surface area contributed by atoms with Gasteiger partial charge in [0.15, 0.2) is 0 Å². The Hall–Kier alpha value is -1.78. The molecule has 2 heteroatoms. The lowest BCUT2D eigenvalue weighted by molar-refractivity contribution is 0.848. The van der Waals surface area contributed by atoms with Gasteiger partial charge < -0.3 is 0 Å². The second-order valence-corrected chi connectivity index (χ2v) is 4.98. The maximum atomic E-state index is 9.36. The van der Waals surface area contributed by atoms with Crippen LogP contribution in [0.2, 0.25) is 5.02 Å². The van der Waals surface area contributed by atoms with E-state index in [1.165, 1.54) is 11.1 Å². The van der Waals surface area contributed by atoms with Crippen molar-refractivity contribution in [3.05, 3.63) is 70.2 Å². The Morgan fingerprint density at radius 2 is 1.68 bits per heavy atom. The quantitative estimate of drug-likeness (QED) is 0.786. The molecule has 1 unspecified atom stereocenters. The highest BCUT2D eigenvalue weighted by Crippen LogP contribution is 2.27. The molecule has 0 radical (unpaired) electrons. The van der Waals surface area contributed by atoms with Crippen molar-refractivity contribution in [2.75, 3.05) is 0 Å². The van der Waals surface area contributed by atoms with E-state index in [4.69, 9.17) is 11.6 Å². The molecule has 0 heterocycles. The Balaban J connectivity index is 2.20. The van der Waals surface area contributed by atoms with Crippen LogP contribution in [0.15, 0.2) is 48.5 Å². The Kier molecular flexibility index (Phi) is 4.60. The standard InChI is InChI=1S/C17H16ClN/c1-2-13-7-9-14(10-8-13)11-15(12-19)16-5-3-4-6-17(16)18/h3-10,15H,2,11H2,1H3. The second kappa shape index (κ2) is 6.41. The Labute approximate surface area is 119 Å². The minimum Gasteiger partial charge on any atom is -0.198 e. The Bertz CT molecular complexity index is 581. The summed E-state index contributed by atoms with van der Waals surface area (Å²) in [5, 5.41) is 10.0. The molecule has 19 heavy (non-hydrogen) atoms.